The normalized spacial score (nSPS) is 11.9. The van der Waals surface area contributed by atoms with Gasteiger partial charge in [0.15, 0.2) is 0 Å². The van der Waals surface area contributed by atoms with Crippen molar-refractivity contribution in [1.29, 1.82) is 5.26 Å². The van der Waals surface area contributed by atoms with Gasteiger partial charge < -0.3 is 4.90 Å². The number of rotatable bonds is 7. The summed E-state index contributed by atoms with van der Waals surface area (Å²) in [5.74, 6) is 0. The smallest absolute Gasteiger partial charge is 0.244 e. The molecule has 0 radical (unpaired) electrons. The Kier molecular flexibility index (Phi) is 6.62. The van der Waals surface area contributed by atoms with Gasteiger partial charge in [-0.2, -0.15) is 9.57 Å². The van der Waals surface area contributed by atoms with Crippen molar-refractivity contribution in [2.24, 2.45) is 0 Å². The summed E-state index contributed by atoms with van der Waals surface area (Å²) in [6, 6.07) is 6.21. The topological polar surface area (TPSA) is 64.4 Å². The fraction of sp³-hybridized carbons (Fsp3) is 0.500. The zero-order valence-corrected chi connectivity index (χ0v) is 14.1. The van der Waals surface area contributed by atoms with Crippen LogP contribution in [0.3, 0.4) is 0 Å². The van der Waals surface area contributed by atoms with E-state index in [-0.39, 0.29) is 15.5 Å². The van der Waals surface area contributed by atoms with E-state index >= 15 is 0 Å². The third-order valence-electron chi connectivity index (χ3n) is 3.04. The fourth-order valence-electron chi connectivity index (χ4n) is 1.92. The number of halogens is 1. The highest BCUT2D eigenvalue weighted by Gasteiger charge is 2.25. The van der Waals surface area contributed by atoms with E-state index in [2.05, 4.69) is 0 Å². The van der Waals surface area contributed by atoms with Gasteiger partial charge in [-0.3, -0.25) is 0 Å². The van der Waals surface area contributed by atoms with Gasteiger partial charge in [-0.1, -0.05) is 18.5 Å². The molecule has 0 unspecified atom stereocenters. The summed E-state index contributed by atoms with van der Waals surface area (Å²) in [4.78, 5) is 2.00. The third kappa shape index (κ3) is 4.68. The molecule has 0 fully saturated rings. The van der Waals surface area contributed by atoms with Gasteiger partial charge in [-0.25, -0.2) is 8.42 Å². The molecule has 0 aliphatic carbocycles. The van der Waals surface area contributed by atoms with Crippen LogP contribution >= 0.6 is 11.6 Å². The van der Waals surface area contributed by atoms with Crippen LogP contribution in [0.2, 0.25) is 5.02 Å². The summed E-state index contributed by atoms with van der Waals surface area (Å²) in [5, 5.41) is 9.05. The predicted molar refractivity (Wildman–Crippen MR) is 83.8 cm³/mol. The Hall–Kier alpha value is -1.13. The molecule has 0 saturated carbocycles. The Labute approximate surface area is 131 Å². The highest BCUT2D eigenvalue weighted by atomic mass is 35.5. The second-order valence-electron chi connectivity index (χ2n) is 4.91. The van der Waals surface area contributed by atoms with E-state index in [1.54, 1.807) is 6.92 Å². The van der Waals surface area contributed by atoms with Crippen LogP contribution in [0.4, 0.5) is 0 Å². The summed E-state index contributed by atoms with van der Waals surface area (Å²) in [6.45, 7) is 3.38. The number of nitriles is 1. The second-order valence-corrected chi connectivity index (χ2v) is 7.22. The Morgan fingerprint density at radius 3 is 2.48 bits per heavy atom. The minimum atomic E-state index is -3.68. The van der Waals surface area contributed by atoms with Crippen LogP contribution in [0.5, 0.6) is 0 Å². The lowest BCUT2D eigenvalue weighted by Gasteiger charge is -2.22. The Bertz CT molecular complexity index is 624. The molecule has 1 aromatic carbocycles. The van der Waals surface area contributed by atoms with Gasteiger partial charge in [-0.05, 0) is 45.3 Å². The van der Waals surface area contributed by atoms with Crippen molar-refractivity contribution in [1.82, 2.24) is 9.21 Å². The van der Waals surface area contributed by atoms with Crippen molar-refractivity contribution >= 4 is 21.6 Å². The van der Waals surface area contributed by atoms with Crippen molar-refractivity contribution in [2.45, 2.75) is 18.2 Å². The highest BCUT2D eigenvalue weighted by molar-refractivity contribution is 7.89. The first kappa shape index (κ1) is 17.9. The lowest BCUT2D eigenvalue weighted by atomic mass is 10.2. The van der Waals surface area contributed by atoms with E-state index in [0.717, 1.165) is 13.0 Å². The molecule has 0 aliphatic heterocycles. The third-order valence-corrected chi connectivity index (χ3v) is 5.50. The maximum absolute atomic E-state index is 12.6. The van der Waals surface area contributed by atoms with E-state index in [1.165, 1.54) is 22.5 Å². The van der Waals surface area contributed by atoms with Gasteiger partial charge in [0, 0.05) is 13.1 Å². The summed E-state index contributed by atoms with van der Waals surface area (Å²) < 4.78 is 26.7. The SMILES string of the molecule is CCN(CCCN(C)C)S(=O)(=O)c1cc(C#N)ccc1Cl. The van der Waals surface area contributed by atoms with E-state index in [4.69, 9.17) is 16.9 Å². The number of hydrogen-bond donors (Lipinski definition) is 0. The molecule has 116 valence electrons. The van der Waals surface area contributed by atoms with Gasteiger partial charge in [0.25, 0.3) is 0 Å². The number of sulfonamides is 1. The molecule has 0 aromatic heterocycles. The number of benzene rings is 1. The molecule has 0 atom stereocenters. The summed E-state index contributed by atoms with van der Waals surface area (Å²) in [6.07, 6.45) is 0.732. The van der Waals surface area contributed by atoms with Crippen LogP contribution in [0.15, 0.2) is 23.1 Å². The minimum Gasteiger partial charge on any atom is -0.309 e. The first-order valence-electron chi connectivity index (χ1n) is 6.67. The van der Waals surface area contributed by atoms with Crippen LogP contribution in [0, 0.1) is 11.3 Å². The monoisotopic (exact) mass is 329 g/mol. The molecule has 7 heteroatoms. The fourth-order valence-corrected chi connectivity index (χ4v) is 3.91. The molecule has 0 heterocycles. The minimum absolute atomic E-state index is 0.00470. The van der Waals surface area contributed by atoms with E-state index in [9.17, 15) is 8.42 Å². The van der Waals surface area contributed by atoms with E-state index < -0.39 is 10.0 Å². The molecule has 0 bridgehead atoms. The quantitative estimate of drug-likeness (QED) is 0.769. The summed E-state index contributed by atoms with van der Waals surface area (Å²) >= 11 is 6.00. The lowest BCUT2D eigenvalue weighted by Crippen LogP contribution is -2.33. The first-order valence-corrected chi connectivity index (χ1v) is 8.49. The van der Waals surface area contributed by atoms with Crippen molar-refractivity contribution in [2.75, 3.05) is 33.7 Å². The Morgan fingerprint density at radius 2 is 1.95 bits per heavy atom. The maximum atomic E-state index is 12.6. The van der Waals surface area contributed by atoms with Crippen LogP contribution in [0.1, 0.15) is 18.9 Å². The van der Waals surface area contributed by atoms with Gasteiger partial charge in [0.05, 0.1) is 16.7 Å². The zero-order chi connectivity index (χ0) is 16.0. The van der Waals surface area contributed by atoms with Crippen molar-refractivity contribution < 1.29 is 8.42 Å². The average Bonchev–Trinajstić information content (AvgIpc) is 2.43. The summed E-state index contributed by atoms with van der Waals surface area (Å²) in [5.41, 5.74) is 0.280. The summed E-state index contributed by atoms with van der Waals surface area (Å²) in [7, 11) is 0.204. The van der Waals surface area contributed by atoms with Gasteiger partial charge in [-0.15, -0.1) is 0 Å². The molecule has 1 rings (SSSR count). The van der Waals surface area contributed by atoms with E-state index in [0.29, 0.717) is 13.1 Å². The van der Waals surface area contributed by atoms with Gasteiger partial charge in [0.1, 0.15) is 4.90 Å². The Morgan fingerprint density at radius 1 is 1.29 bits per heavy atom. The van der Waals surface area contributed by atoms with Crippen LogP contribution < -0.4 is 0 Å². The van der Waals surface area contributed by atoms with E-state index in [1.807, 2.05) is 25.1 Å². The van der Waals surface area contributed by atoms with Crippen molar-refractivity contribution in [3.05, 3.63) is 28.8 Å². The van der Waals surface area contributed by atoms with Crippen LogP contribution in [-0.2, 0) is 10.0 Å². The van der Waals surface area contributed by atoms with Crippen molar-refractivity contribution in [3.8, 4) is 6.07 Å². The zero-order valence-electron chi connectivity index (χ0n) is 12.5. The highest BCUT2D eigenvalue weighted by Crippen LogP contribution is 2.25. The van der Waals surface area contributed by atoms with Gasteiger partial charge in [0.2, 0.25) is 10.0 Å². The molecule has 0 spiro atoms. The average molecular weight is 330 g/mol. The number of hydrogen-bond acceptors (Lipinski definition) is 4. The molecule has 1 aromatic rings. The van der Waals surface area contributed by atoms with Gasteiger partial charge >= 0.3 is 0 Å². The molecular formula is C14H20ClN3O2S. The molecule has 5 nitrogen and oxygen atoms in total. The van der Waals surface area contributed by atoms with Crippen LogP contribution in [0.25, 0.3) is 0 Å². The largest absolute Gasteiger partial charge is 0.309 e. The second kappa shape index (κ2) is 7.76. The predicted octanol–water partition coefficient (Wildman–Crippen LogP) is 2.17. The van der Waals surface area contributed by atoms with Crippen molar-refractivity contribution in [3.63, 3.8) is 0 Å². The molecule has 0 N–H and O–H groups in total. The Balaban J connectivity index is 3.05. The molecular weight excluding hydrogens is 310 g/mol. The lowest BCUT2D eigenvalue weighted by molar-refractivity contribution is 0.356. The van der Waals surface area contributed by atoms with Crippen LogP contribution in [-0.4, -0.2) is 51.4 Å². The molecule has 0 aliphatic rings. The maximum Gasteiger partial charge on any atom is 0.244 e. The molecule has 0 amide bonds. The number of nitrogens with zero attached hydrogens (tertiary/aromatic N) is 3. The first-order chi connectivity index (χ1) is 9.82. The standard InChI is InChI=1S/C14H20ClN3O2S/c1-4-18(9-5-8-17(2)3)21(19,20)14-10-12(11-16)6-7-13(14)15/h6-7,10H,4-5,8-9H2,1-3H3. The molecule has 21 heavy (non-hydrogen) atoms. The molecule has 0 saturated heterocycles.